The number of nitrogens with zero attached hydrogens (tertiary/aromatic N) is 2. The molecule has 0 unspecified atom stereocenters. The number of carbonyl (C=O) groups is 3. The first-order valence-electron chi connectivity index (χ1n) is 20.2. The van der Waals surface area contributed by atoms with Gasteiger partial charge in [-0.15, -0.1) is 0 Å². The fourth-order valence-corrected chi connectivity index (χ4v) is 10.6. The third kappa shape index (κ3) is 8.97. The van der Waals surface area contributed by atoms with Gasteiger partial charge in [0.1, 0.15) is 13.2 Å². The lowest BCUT2D eigenvalue weighted by atomic mass is 9.84. The summed E-state index contributed by atoms with van der Waals surface area (Å²) in [5.74, 6) is -1.45. The van der Waals surface area contributed by atoms with Gasteiger partial charge in [0.15, 0.2) is 0 Å². The first-order valence-corrected chi connectivity index (χ1v) is 20.2. The van der Waals surface area contributed by atoms with E-state index in [4.69, 9.17) is 14.6 Å². The van der Waals surface area contributed by atoms with Crippen molar-refractivity contribution in [2.24, 2.45) is 11.8 Å². The van der Waals surface area contributed by atoms with Gasteiger partial charge in [-0.2, -0.15) is 13.2 Å². The standard InChI is InChI=1S/C40H54N4O3.C2HF3O2/c45-39(41-29-13-9-27(10-14-29)21-23-43-35-17-18-36(43)32-6-2-1-5-31(32)35)25-47-26-40(46)42-30-15-11-28(12-16-30)22-24-44-37-19-20-38(44)34-8-4-3-7-33(34)37;3-2(4,5)1(6)7/h1-8,27-30,35-38H,9-26H2,(H,41,45)(H,42,46);(H,6,7)/t27?,28?,29?,30?,35-,36+,37-,38+;. The molecule has 294 valence electrons. The summed E-state index contributed by atoms with van der Waals surface area (Å²) >= 11 is 0. The fourth-order valence-electron chi connectivity index (χ4n) is 10.6. The molecule has 0 spiro atoms. The number of aliphatic carboxylic acids is 1. The molecule has 6 aliphatic rings. The van der Waals surface area contributed by atoms with Crippen LogP contribution in [-0.2, 0) is 19.1 Å². The van der Waals surface area contributed by atoms with E-state index in [0.29, 0.717) is 24.2 Å². The lowest BCUT2D eigenvalue weighted by molar-refractivity contribution is -0.192. The maximum absolute atomic E-state index is 12.6. The number of hydrogen-bond acceptors (Lipinski definition) is 6. The van der Waals surface area contributed by atoms with E-state index in [9.17, 15) is 22.8 Å². The van der Waals surface area contributed by atoms with Gasteiger partial charge in [-0.05, 0) is 137 Å². The third-order valence-corrected chi connectivity index (χ3v) is 13.2. The molecule has 54 heavy (non-hydrogen) atoms. The number of nitrogens with one attached hydrogen (secondary N) is 2. The van der Waals surface area contributed by atoms with Crippen LogP contribution in [0.15, 0.2) is 48.5 Å². The van der Waals surface area contributed by atoms with Gasteiger partial charge >= 0.3 is 12.1 Å². The molecule has 2 aliphatic carbocycles. The van der Waals surface area contributed by atoms with Gasteiger partial charge in [0.2, 0.25) is 11.8 Å². The minimum absolute atomic E-state index is 0.0409. The third-order valence-electron chi connectivity index (χ3n) is 13.2. The van der Waals surface area contributed by atoms with Crippen molar-refractivity contribution in [3.05, 3.63) is 70.8 Å². The lowest BCUT2D eigenvalue weighted by Crippen LogP contribution is -2.42. The molecule has 9 nitrogen and oxygen atoms in total. The van der Waals surface area contributed by atoms with Crippen LogP contribution < -0.4 is 10.6 Å². The number of hydrogen-bond donors (Lipinski definition) is 3. The molecule has 4 aliphatic heterocycles. The summed E-state index contributed by atoms with van der Waals surface area (Å²) in [6, 6.07) is 21.1. The second-order valence-electron chi connectivity index (χ2n) is 16.4. The van der Waals surface area contributed by atoms with E-state index in [1.165, 1.54) is 77.3 Å². The Kier molecular flexibility index (Phi) is 12.3. The number of rotatable bonds is 12. The van der Waals surface area contributed by atoms with Crippen LogP contribution in [0.4, 0.5) is 13.2 Å². The lowest BCUT2D eigenvalue weighted by Gasteiger charge is -2.31. The van der Waals surface area contributed by atoms with Gasteiger partial charge < -0.3 is 20.5 Å². The van der Waals surface area contributed by atoms with Crippen molar-refractivity contribution >= 4 is 17.8 Å². The minimum Gasteiger partial charge on any atom is -0.475 e. The first-order chi connectivity index (χ1) is 26.0. The molecule has 2 saturated heterocycles. The average molecular weight is 753 g/mol. The van der Waals surface area contributed by atoms with Crippen molar-refractivity contribution in [1.29, 1.82) is 0 Å². The van der Waals surface area contributed by atoms with Crippen LogP contribution in [-0.4, -0.2) is 77.3 Å². The number of amides is 2. The van der Waals surface area contributed by atoms with Crippen LogP contribution in [0.3, 0.4) is 0 Å². The molecular formula is C42H55F3N4O5. The van der Waals surface area contributed by atoms with Crippen molar-refractivity contribution in [3.63, 3.8) is 0 Å². The van der Waals surface area contributed by atoms with Gasteiger partial charge in [-0.3, -0.25) is 19.4 Å². The van der Waals surface area contributed by atoms with Gasteiger partial charge in [-0.1, -0.05) is 48.5 Å². The van der Waals surface area contributed by atoms with E-state index in [-0.39, 0.29) is 37.1 Å². The Balaban J connectivity index is 0.000000588. The molecule has 2 aromatic carbocycles. The van der Waals surface area contributed by atoms with Gasteiger partial charge in [0.05, 0.1) is 0 Å². The molecule has 4 atom stereocenters. The molecular weight excluding hydrogens is 697 g/mol. The Morgan fingerprint density at radius 2 is 0.907 bits per heavy atom. The molecule has 4 bridgehead atoms. The maximum atomic E-state index is 12.6. The number of ether oxygens (including phenoxy) is 1. The van der Waals surface area contributed by atoms with E-state index < -0.39 is 12.1 Å². The Bertz CT molecular complexity index is 1460. The second-order valence-corrected chi connectivity index (χ2v) is 16.4. The predicted octanol–water partition coefficient (Wildman–Crippen LogP) is 7.55. The molecule has 4 fully saturated rings. The van der Waals surface area contributed by atoms with Gasteiger partial charge in [0.25, 0.3) is 0 Å². The predicted molar refractivity (Wildman–Crippen MR) is 197 cm³/mol. The van der Waals surface area contributed by atoms with Crippen molar-refractivity contribution < 1.29 is 37.4 Å². The largest absolute Gasteiger partial charge is 0.490 e. The quantitative estimate of drug-likeness (QED) is 0.206. The topological polar surface area (TPSA) is 111 Å². The zero-order valence-corrected chi connectivity index (χ0v) is 31.1. The highest BCUT2D eigenvalue weighted by Gasteiger charge is 2.44. The molecule has 3 N–H and O–H groups in total. The average Bonchev–Trinajstić information content (AvgIpc) is 3.92. The number of alkyl halides is 3. The fraction of sp³-hybridized carbons (Fsp3) is 0.643. The summed E-state index contributed by atoms with van der Waals surface area (Å²) in [7, 11) is 0. The SMILES string of the molecule is O=C(COCC(=O)NC1CCC(CCN2[C@@H]3CC[C@H]2c2ccccc23)CC1)NC1CCC(CCN2[C@@H]3CC[C@H]2c2ccccc23)CC1.O=C(O)C(F)(F)F. The highest BCUT2D eigenvalue weighted by Crippen LogP contribution is 2.54. The summed E-state index contributed by atoms with van der Waals surface area (Å²) in [6.45, 7) is 2.30. The van der Waals surface area contributed by atoms with E-state index in [2.05, 4.69) is 69.0 Å². The van der Waals surface area contributed by atoms with Crippen LogP contribution in [0, 0.1) is 11.8 Å². The van der Waals surface area contributed by atoms with Crippen LogP contribution in [0.2, 0.25) is 0 Å². The molecule has 0 radical (unpaired) electrons. The summed E-state index contributed by atoms with van der Waals surface area (Å²) in [6.07, 6.45) is 11.6. The van der Waals surface area contributed by atoms with E-state index in [1.807, 2.05) is 0 Å². The molecule has 2 aromatic rings. The smallest absolute Gasteiger partial charge is 0.475 e. The zero-order valence-electron chi connectivity index (χ0n) is 31.1. The van der Waals surface area contributed by atoms with Crippen LogP contribution in [0.5, 0.6) is 0 Å². The molecule has 2 amide bonds. The zero-order chi connectivity index (χ0) is 37.8. The van der Waals surface area contributed by atoms with Crippen LogP contribution >= 0.6 is 0 Å². The summed E-state index contributed by atoms with van der Waals surface area (Å²) in [5.41, 5.74) is 6.27. The van der Waals surface area contributed by atoms with E-state index in [1.54, 1.807) is 22.3 Å². The Hall–Kier alpha value is -3.48. The Morgan fingerprint density at radius 1 is 0.593 bits per heavy atom. The molecule has 12 heteroatoms. The number of benzene rings is 2. The monoisotopic (exact) mass is 752 g/mol. The highest BCUT2D eigenvalue weighted by molar-refractivity contribution is 5.80. The van der Waals surface area contributed by atoms with E-state index >= 15 is 0 Å². The number of carboxylic acid groups (broad SMARTS) is 1. The number of carboxylic acids is 1. The number of halogens is 3. The molecule has 8 rings (SSSR count). The summed E-state index contributed by atoms with van der Waals surface area (Å²) < 4.78 is 37.3. The van der Waals surface area contributed by atoms with Crippen molar-refractivity contribution in [2.75, 3.05) is 26.3 Å². The Labute approximate surface area is 316 Å². The van der Waals surface area contributed by atoms with Crippen molar-refractivity contribution in [1.82, 2.24) is 20.4 Å². The first kappa shape index (κ1) is 38.8. The minimum atomic E-state index is -5.08. The number of carbonyl (C=O) groups excluding carboxylic acids is 2. The summed E-state index contributed by atoms with van der Waals surface area (Å²) in [5, 5.41) is 13.5. The van der Waals surface area contributed by atoms with E-state index in [0.717, 1.165) is 37.5 Å². The molecule has 2 saturated carbocycles. The van der Waals surface area contributed by atoms with Crippen molar-refractivity contribution in [2.45, 2.75) is 132 Å². The molecule has 0 aromatic heterocycles. The second kappa shape index (κ2) is 17.1. The van der Waals surface area contributed by atoms with Crippen molar-refractivity contribution in [3.8, 4) is 0 Å². The summed E-state index contributed by atoms with van der Waals surface area (Å²) in [4.78, 5) is 39.6. The van der Waals surface area contributed by atoms with Gasteiger partial charge in [-0.25, -0.2) is 4.79 Å². The molecule has 4 heterocycles. The van der Waals surface area contributed by atoms with Gasteiger partial charge in [0, 0.05) is 36.3 Å². The van der Waals surface area contributed by atoms with Crippen LogP contribution in [0.25, 0.3) is 0 Å². The number of fused-ring (bicyclic) bond motifs is 10. The maximum Gasteiger partial charge on any atom is 0.490 e. The normalized spacial score (nSPS) is 29.9. The van der Waals surface area contributed by atoms with Crippen LogP contribution in [0.1, 0.15) is 136 Å². The highest BCUT2D eigenvalue weighted by atomic mass is 19.4. The Morgan fingerprint density at radius 3 is 1.20 bits per heavy atom.